The van der Waals surface area contributed by atoms with Crippen molar-refractivity contribution in [2.24, 2.45) is 0 Å². The van der Waals surface area contributed by atoms with Crippen molar-refractivity contribution >= 4 is 23.6 Å². The molecular weight excluding hydrogens is 464 g/mol. The van der Waals surface area contributed by atoms with E-state index in [1.54, 1.807) is 38.6 Å². The zero-order chi connectivity index (χ0) is 24.8. The third-order valence-electron chi connectivity index (χ3n) is 5.64. The largest absolute Gasteiger partial charge is 0.493 e. The quantitative estimate of drug-likeness (QED) is 0.293. The van der Waals surface area contributed by atoms with Crippen LogP contribution in [-0.4, -0.2) is 34.8 Å². The highest BCUT2D eigenvalue weighted by atomic mass is 35.5. The van der Waals surface area contributed by atoms with E-state index in [1.807, 2.05) is 65.2 Å². The summed E-state index contributed by atoms with van der Waals surface area (Å²) < 4.78 is 12.6. The second-order valence-electron chi connectivity index (χ2n) is 7.89. The first kappa shape index (κ1) is 24.1. The first-order valence-corrected chi connectivity index (χ1v) is 11.4. The number of aromatic nitrogens is 2. The van der Waals surface area contributed by atoms with E-state index in [1.165, 1.54) is 0 Å². The Bertz CT molecular complexity index is 1360. The number of carboxylic acids is 1. The minimum atomic E-state index is -1.01. The minimum Gasteiger partial charge on any atom is -0.493 e. The Balaban J connectivity index is 1.77. The molecule has 0 atom stereocenters. The highest BCUT2D eigenvalue weighted by Crippen LogP contribution is 2.29. The van der Waals surface area contributed by atoms with Gasteiger partial charge in [0.25, 0.3) is 0 Å². The summed E-state index contributed by atoms with van der Waals surface area (Å²) in [5.74, 6) is 0.853. The number of aliphatic carboxylic acids is 1. The van der Waals surface area contributed by atoms with Gasteiger partial charge in [-0.15, -0.1) is 0 Å². The average Bonchev–Trinajstić information content (AvgIpc) is 3.27. The molecule has 1 aromatic heterocycles. The third-order valence-corrected chi connectivity index (χ3v) is 6.01. The normalized spacial score (nSPS) is 11.3. The number of methoxy groups -OCH3 is 2. The van der Waals surface area contributed by atoms with Gasteiger partial charge in [0, 0.05) is 22.6 Å². The Kier molecular flexibility index (Phi) is 7.53. The lowest BCUT2D eigenvalue weighted by molar-refractivity contribution is -0.132. The summed E-state index contributed by atoms with van der Waals surface area (Å²) in [6.45, 7) is 0.443. The molecule has 0 fully saturated rings. The fourth-order valence-corrected chi connectivity index (χ4v) is 4.06. The molecule has 0 bridgehead atoms. The number of nitrogens with zero attached hydrogens (tertiary/aromatic N) is 2. The first-order chi connectivity index (χ1) is 17.0. The van der Waals surface area contributed by atoms with E-state index in [0.29, 0.717) is 28.8 Å². The molecule has 0 aliphatic carbocycles. The topological polar surface area (TPSA) is 73.6 Å². The van der Waals surface area contributed by atoms with E-state index in [4.69, 9.17) is 21.1 Å². The Morgan fingerprint density at radius 3 is 2.40 bits per heavy atom. The molecule has 4 rings (SSSR count). The van der Waals surface area contributed by atoms with Crippen molar-refractivity contribution in [1.82, 2.24) is 9.55 Å². The third kappa shape index (κ3) is 5.55. The predicted molar refractivity (Wildman–Crippen MR) is 137 cm³/mol. The Labute approximate surface area is 209 Å². The lowest BCUT2D eigenvalue weighted by atomic mass is 10.0. The highest BCUT2D eigenvalue weighted by molar-refractivity contribution is 6.31. The van der Waals surface area contributed by atoms with Crippen LogP contribution in [0.5, 0.6) is 11.5 Å². The van der Waals surface area contributed by atoms with Gasteiger partial charge in [0.15, 0.2) is 11.5 Å². The predicted octanol–water partition coefficient (Wildman–Crippen LogP) is 5.98. The van der Waals surface area contributed by atoms with E-state index in [2.05, 4.69) is 4.98 Å². The lowest BCUT2D eigenvalue weighted by Gasteiger charge is -2.13. The van der Waals surface area contributed by atoms with Crippen LogP contribution in [0.1, 0.15) is 16.8 Å². The fraction of sp³-hybridized carbons (Fsp3) is 0.143. The van der Waals surface area contributed by atoms with Crippen LogP contribution >= 0.6 is 11.6 Å². The molecular formula is C28H25ClN2O4. The van der Waals surface area contributed by atoms with Gasteiger partial charge in [0.05, 0.1) is 32.7 Å². The Hall–Kier alpha value is -4.03. The second-order valence-corrected chi connectivity index (χ2v) is 8.30. The molecule has 1 heterocycles. The molecule has 0 amide bonds. The molecule has 0 aliphatic heterocycles. The number of rotatable bonds is 9. The summed E-state index contributed by atoms with van der Waals surface area (Å²) in [4.78, 5) is 16.8. The molecule has 35 heavy (non-hydrogen) atoms. The van der Waals surface area contributed by atoms with Crippen LogP contribution in [-0.2, 0) is 17.8 Å². The van der Waals surface area contributed by atoms with Crippen molar-refractivity contribution < 1.29 is 19.4 Å². The molecule has 0 spiro atoms. The van der Waals surface area contributed by atoms with Crippen LogP contribution in [0.25, 0.3) is 17.5 Å². The monoisotopic (exact) mass is 488 g/mol. The van der Waals surface area contributed by atoms with Crippen molar-refractivity contribution in [3.05, 3.63) is 106 Å². The second kappa shape index (κ2) is 10.9. The van der Waals surface area contributed by atoms with Gasteiger partial charge in [0.2, 0.25) is 0 Å². The summed E-state index contributed by atoms with van der Waals surface area (Å²) in [5, 5.41) is 10.6. The number of hydrogen-bond donors (Lipinski definition) is 1. The number of benzene rings is 3. The van der Waals surface area contributed by atoms with Gasteiger partial charge in [-0.25, -0.2) is 9.78 Å². The van der Waals surface area contributed by atoms with Crippen LogP contribution in [0.4, 0.5) is 0 Å². The molecule has 178 valence electrons. The molecule has 0 unspecified atom stereocenters. The number of carboxylic acid groups (broad SMARTS) is 1. The maximum absolute atomic E-state index is 12.2. The van der Waals surface area contributed by atoms with E-state index in [0.717, 1.165) is 22.5 Å². The SMILES string of the molecule is COc1ccc(CC(=Cc2cnc(-c3ccccc3)n2Cc2ccccc2Cl)C(=O)O)cc1OC. The van der Waals surface area contributed by atoms with Crippen LogP contribution in [0.2, 0.25) is 5.02 Å². The number of ether oxygens (including phenoxy) is 2. The average molecular weight is 489 g/mol. The van der Waals surface area contributed by atoms with Crippen LogP contribution in [0, 0.1) is 0 Å². The van der Waals surface area contributed by atoms with E-state index < -0.39 is 5.97 Å². The highest BCUT2D eigenvalue weighted by Gasteiger charge is 2.16. The van der Waals surface area contributed by atoms with Crippen LogP contribution in [0.3, 0.4) is 0 Å². The van der Waals surface area contributed by atoms with Gasteiger partial charge in [-0.05, 0) is 35.4 Å². The number of carbonyl (C=O) groups is 1. The molecule has 1 N–H and O–H groups in total. The van der Waals surface area contributed by atoms with Crippen LogP contribution in [0.15, 0.2) is 84.6 Å². The molecule has 4 aromatic rings. The smallest absolute Gasteiger partial charge is 0.331 e. The number of halogens is 1. The van der Waals surface area contributed by atoms with Crippen LogP contribution < -0.4 is 9.47 Å². The maximum Gasteiger partial charge on any atom is 0.331 e. The molecule has 0 aliphatic rings. The number of hydrogen-bond acceptors (Lipinski definition) is 4. The fourth-order valence-electron chi connectivity index (χ4n) is 3.86. The van der Waals surface area contributed by atoms with Gasteiger partial charge in [0.1, 0.15) is 5.82 Å². The Morgan fingerprint density at radius 1 is 1.00 bits per heavy atom. The van der Waals surface area contributed by atoms with Gasteiger partial charge in [-0.1, -0.05) is 66.2 Å². The van der Waals surface area contributed by atoms with E-state index in [-0.39, 0.29) is 12.0 Å². The molecule has 0 saturated carbocycles. The Morgan fingerprint density at radius 2 is 1.71 bits per heavy atom. The van der Waals surface area contributed by atoms with E-state index >= 15 is 0 Å². The summed E-state index contributed by atoms with van der Waals surface area (Å²) in [5.41, 5.74) is 3.52. The first-order valence-electron chi connectivity index (χ1n) is 11.0. The van der Waals surface area contributed by atoms with Gasteiger partial charge in [-0.2, -0.15) is 0 Å². The summed E-state index contributed by atoms with van der Waals surface area (Å²) in [6.07, 6.45) is 3.56. The van der Waals surface area contributed by atoms with Crippen molar-refractivity contribution in [2.45, 2.75) is 13.0 Å². The minimum absolute atomic E-state index is 0.202. The maximum atomic E-state index is 12.2. The summed E-state index contributed by atoms with van der Waals surface area (Å²) in [7, 11) is 3.11. The molecule has 0 saturated heterocycles. The van der Waals surface area contributed by atoms with Gasteiger partial charge >= 0.3 is 5.97 Å². The number of imidazole rings is 1. The zero-order valence-corrected chi connectivity index (χ0v) is 20.2. The van der Waals surface area contributed by atoms with E-state index in [9.17, 15) is 9.90 Å². The van der Waals surface area contributed by atoms with Gasteiger partial charge in [-0.3, -0.25) is 0 Å². The van der Waals surface area contributed by atoms with Crippen molar-refractivity contribution in [3.8, 4) is 22.9 Å². The summed E-state index contributed by atoms with van der Waals surface area (Å²) in [6, 6.07) is 22.7. The zero-order valence-electron chi connectivity index (χ0n) is 19.4. The summed E-state index contributed by atoms with van der Waals surface area (Å²) >= 11 is 6.44. The van der Waals surface area contributed by atoms with Crippen molar-refractivity contribution in [1.29, 1.82) is 0 Å². The molecule has 7 heteroatoms. The van der Waals surface area contributed by atoms with Crippen molar-refractivity contribution in [2.75, 3.05) is 14.2 Å². The van der Waals surface area contributed by atoms with Crippen molar-refractivity contribution in [3.63, 3.8) is 0 Å². The molecule has 0 radical (unpaired) electrons. The molecule has 6 nitrogen and oxygen atoms in total. The van der Waals surface area contributed by atoms with Gasteiger partial charge < -0.3 is 19.1 Å². The molecule has 3 aromatic carbocycles. The standard InChI is InChI=1S/C28H25ClN2O4/c1-34-25-13-12-19(15-26(25)35-2)14-22(28(32)33)16-23-17-30-27(20-8-4-3-5-9-20)31(23)18-21-10-6-7-11-24(21)29/h3-13,15-17H,14,18H2,1-2H3,(H,32,33). The lowest BCUT2D eigenvalue weighted by Crippen LogP contribution is -2.08.